The maximum Gasteiger partial charge on any atom is 0.326 e. The van der Waals surface area contributed by atoms with Gasteiger partial charge in [0.25, 0.3) is 0 Å². The molecule has 1 aromatic carbocycles. The second kappa shape index (κ2) is 22.6. The van der Waals surface area contributed by atoms with Gasteiger partial charge in [0, 0.05) is 19.5 Å². The summed E-state index contributed by atoms with van der Waals surface area (Å²) in [5.74, 6) is -8.99. The van der Waals surface area contributed by atoms with Crippen LogP contribution in [-0.4, -0.2) is 151 Å². The maximum atomic E-state index is 13.7. The molecule has 23 heteroatoms. The Morgan fingerprint density at radius 2 is 1.41 bits per heavy atom. The van der Waals surface area contributed by atoms with Crippen molar-refractivity contribution < 1.29 is 63.9 Å². The minimum atomic E-state index is -1.81. The Labute approximate surface area is 333 Å². The van der Waals surface area contributed by atoms with Crippen LogP contribution in [0.5, 0.6) is 5.75 Å². The summed E-state index contributed by atoms with van der Waals surface area (Å²) in [6.07, 6.45) is -3.54. The fourth-order valence-corrected chi connectivity index (χ4v) is 5.78. The number of aromatic hydroxyl groups is 1. The number of nitrogens with one attached hydrogen (secondary N) is 5. The van der Waals surface area contributed by atoms with Crippen molar-refractivity contribution in [3.05, 3.63) is 29.8 Å². The zero-order valence-corrected chi connectivity index (χ0v) is 32.3. The molecule has 1 fully saturated rings. The molecule has 58 heavy (non-hydrogen) atoms. The molecule has 2 rings (SSSR count). The lowest BCUT2D eigenvalue weighted by atomic mass is 10.1. The molecule has 0 bridgehead atoms. The van der Waals surface area contributed by atoms with E-state index in [1.165, 1.54) is 45.0 Å². The van der Waals surface area contributed by atoms with Crippen LogP contribution >= 0.6 is 0 Å². The second-order valence-electron chi connectivity index (χ2n) is 13.9. The number of phenols is 1. The number of amides is 6. The summed E-state index contributed by atoms with van der Waals surface area (Å²) in [7, 11) is 0. The highest BCUT2D eigenvalue weighted by atomic mass is 16.4. The van der Waals surface area contributed by atoms with E-state index in [0.29, 0.717) is 12.0 Å². The van der Waals surface area contributed by atoms with Crippen molar-refractivity contribution in [2.24, 2.45) is 22.2 Å². The molecule has 0 unspecified atom stereocenters. The van der Waals surface area contributed by atoms with Crippen molar-refractivity contribution in [2.45, 2.75) is 114 Å². The summed E-state index contributed by atoms with van der Waals surface area (Å²) in [5, 5.41) is 60.3. The minimum Gasteiger partial charge on any atom is -0.508 e. The van der Waals surface area contributed by atoms with Crippen LogP contribution in [0, 0.1) is 0 Å². The van der Waals surface area contributed by atoms with Crippen LogP contribution in [0.15, 0.2) is 29.3 Å². The molecule has 16 N–H and O–H groups in total. The van der Waals surface area contributed by atoms with Gasteiger partial charge in [-0.25, -0.2) is 4.79 Å². The zero-order chi connectivity index (χ0) is 43.9. The van der Waals surface area contributed by atoms with Crippen LogP contribution in [0.4, 0.5) is 0 Å². The largest absolute Gasteiger partial charge is 0.508 e. The molecule has 0 radical (unpaired) electrons. The molecule has 0 aliphatic carbocycles. The van der Waals surface area contributed by atoms with E-state index in [2.05, 4.69) is 31.6 Å². The topological polar surface area (TPSA) is 392 Å². The summed E-state index contributed by atoms with van der Waals surface area (Å²) in [4.78, 5) is 108. The normalized spacial score (nSPS) is 17.8. The van der Waals surface area contributed by atoms with Crippen molar-refractivity contribution in [1.29, 1.82) is 0 Å². The summed E-state index contributed by atoms with van der Waals surface area (Å²) in [6, 6.07) is -4.77. The first-order valence-electron chi connectivity index (χ1n) is 18.3. The Bertz CT molecular complexity index is 1670. The van der Waals surface area contributed by atoms with E-state index in [4.69, 9.17) is 17.2 Å². The van der Waals surface area contributed by atoms with Gasteiger partial charge in [-0.2, -0.15) is 0 Å². The van der Waals surface area contributed by atoms with Gasteiger partial charge < -0.3 is 74.2 Å². The number of aliphatic imine (C=N–C) groups is 1. The van der Waals surface area contributed by atoms with E-state index in [9.17, 15) is 63.9 Å². The molecule has 1 heterocycles. The van der Waals surface area contributed by atoms with Crippen LogP contribution in [0.25, 0.3) is 0 Å². The number of carboxylic acids is 2. The fourth-order valence-electron chi connectivity index (χ4n) is 5.78. The number of hydrogen-bond acceptors (Lipinski definition) is 13. The number of nitrogens with zero attached hydrogens (tertiary/aromatic N) is 2. The van der Waals surface area contributed by atoms with E-state index in [1.807, 2.05) is 0 Å². The van der Waals surface area contributed by atoms with Crippen LogP contribution in [0.2, 0.25) is 0 Å². The van der Waals surface area contributed by atoms with Gasteiger partial charge in [0.15, 0.2) is 5.96 Å². The van der Waals surface area contributed by atoms with E-state index < -0.39 is 108 Å². The van der Waals surface area contributed by atoms with Crippen LogP contribution in [0.3, 0.4) is 0 Å². The highest BCUT2D eigenvalue weighted by Gasteiger charge is 2.41. The number of carboxylic acid groups (broad SMARTS) is 2. The molecular formula is C35H54N10O13. The number of carbonyl (C=O) groups excluding carboxylic acids is 6. The van der Waals surface area contributed by atoms with Gasteiger partial charge in [0.05, 0.1) is 18.6 Å². The van der Waals surface area contributed by atoms with Gasteiger partial charge in [-0.15, -0.1) is 0 Å². The van der Waals surface area contributed by atoms with Crippen molar-refractivity contribution in [3.8, 4) is 5.75 Å². The number of hydrogen-bond donors (Lipinski definition) is 13. The molecule has 322 valence electrons. The van der Waals surface area contributed by atoms with Crippen LogP contribution in [-0.2, 0) is 44.8 Å². The molecule has 0 saturated carbocycles. The highest BCUT2D eigenvalue weighted by Crippen LogP contribution is 2.20. The maximum absolute atomic E-state index is 13.7. The molecule has 0 aromatic heterocycles. The van der Waals surface area contributed by atoms with Crippen molar-refractivity contribution in [3.63, 3.8) is 0 Å². The second-order valence-corrected chi connectivity index (χ2v) is 13.9. The van der Waals surface area contributed by atoms with E-state index >= 15 is 0 Å². The molecule has 23 nitrogen and oxygen atoms in total. The van der Waals surface area contributed by atoms with Gasteiger partial charge in [-0.05, 0) is 64.2 Å². The summed E-state index contributed by atoms with van der Waals surface area (Å²) in [6.45, 7) is 3.70. The molecule has 1 aromatic rings. The number of benzene rings is 1. The van der Waals surface area contributed by atoms with E-state index in [1.54, 1.807) is 0 Å². The number of aliphatic hydroxyl groups is 2. The molecule has 0 spiro atoms. The Hall–Kier alpha value is -6.07. The number of rotatable bonds is 22. The van der Waals surface area contributed by atoms with Crippen molar-refractivity contribution in [1.82, 2.24) is 31.5 Å². The number of likely N-dealkylation sites (tertiary alicyclic amines) is 1. The lowest BCUT2D eigenvalue weighted by Crippen LogP contribution is -2.61. The lowest BCUT2D eigenvalue weighted by Gasteiger charge is -2.31. The molecular weight excluding hydrogens is 768 g/mol. The Morgan fingerprint density at radius 1 is 0.810 bits per heavy atom. The quantitative estimate of drug-likeness (QED) is 0.0296. The average molecular weight is 823 g/mol. The Balaban J connectivity index is 2.24. The van der Waals surface area contributed by atoms with E-state index in [-0.39, 0.29) is 50.5 Å². The van der Waals surface area contributed by atoms with Crippen LogP contribution in [0.1, 0.15) is 58.4 Å². The third kappa shape index (κ3) is 15.1. The minimum absolute atomic E-state index is 0.00384. The number of guanidine groups is 1. The summed E-state index contributed by atoms with van der Waals surface area (Å²) >= 11 is 0. The SMILES string of the molecule is C[C@H](NC(=O)[C@H](CC(=O)O)NC(=O)[C@H](CCCN=C(N)N)NC(=O)[C@@H]1CCCN1C(=O)[C@@H](NC(=O)[C@@H](N)[C@@H](C)O)[C@@H](C)O)C(=O)N[C@@H](Cc1ccc(O)cc1)C(=O)O. The first-order valence-corrected chi connectivity index (χ1v) is 18.3. The third-order valence-corrected chi connectivity index (χ3v) is 9.04. The molecule has 1 saturated heterocycles. The molecule has 6 amide bonds. The number of aliphatic hydroxyl groups excluding tert-OH is 2. The lowest BCUT2D eigenvalue weighted by molar-refractivity contribution is -0.145. The van der Waals surface area contributed by atoms with Crippen LogP contribution < -0.4 is 43.8 Å². The number of carbonyl (C=O) groups is 8. The van der Waals surface area contributed by atoms with Crippen molar-refractivity contribution >= 4 is 53.3 Å². The third-order valence-electron chi connectivity index (χ3n) is 9.04. The number of aliphatic carboxylic acids is 2. The zero-order valence-electron chi connectivity index (χ0n) is 32.3. The molecule has 1 aliphatic rings. The predicted molar refractivity (Wildman–Crippen MR) is 203 cm³/mol. The molecule has 1 aliphatic heterocycles. The number of phenolic OH excluding ortho intramolecular Hbond substituents is 1. The monoisotopic (exact) mass is 822 g/mol. The predicted octanol–water partition coefficient (Wildman–Crippen LogP) is -4.93. The Morgan fingerprint density at radius 3 is 1.97 bits per heavy atom. The fraction of sp³-hybridized carbons (Fsp3) is 0.571. The van der Waals surface area contributed by atoms with Gasteiger partial charge in [-0.3, -0.25) is 38.6 Å². The standard InChI is InChI=1S/C35H54N10O13/c1-16(28(51)43-23(34(57)58)14-19-8-10-20(48)11-9-19)40-30(53)22(15-25(49)50)42-29(52)21(6-4-12-39-35(37)38)41-31(54)24-7-5-13-45(24)33(56)27(18(3)47)44-32(55)26(36)17(2)46/h8-11,16-18,21-24,26-27,46-48H,4-7,12-15,36H2,1-3H3,(H,40,53)(H,41,54)(H,42,52)(H,43,51)(H,44,55)(H,49,50)(H,57,58)(H4,37,38,39)/t16-,17+,18+,21-,22-,23-,24-,26-,27-/m0/s1. The van der Waals surface area contributed by atoms with Gasteiger partial charge in [-0.1, -0.05) is 12.1 Å². The highest BCUT2D eigenvalue weighted by molar-refractivity contribution is 5.98. The van der Waals surface area contributed by atoms with Gasteiger partial charge >= 0.3 is 11.9 Å². The van der Waals surface area contributed by atoms with Crippen molar-refractivity contribution in [2.75, 3.05) is 13.1 Å². The number of nitrogens with two attached hydrogens (primary N) is 3. The average Bonchev–Trinajstić information content (AvgIpc) is 3.64. The van der Waals surface area contributed by atoms with E-state index in [0.717, 1.165) is 4.90 Å². The molecule has 9 atom stereocenters. The van der Waals surface area contributed by atoms with Gasteiger partial charge in [0.2, 0.25) is 35.4 Å². The van der Waals surface area contributed by atoms with Gasteiger partial charge in [0.1, 0.15) is 48.0 Å². The Kier molecular flexibility index (Phi) is 18.7. The first kappa shape index (κ1) is 48.1. The first-order chi connectivity index (χ1) is 27.1. The smallest absolute Gasteiger partial charge is 0.326 e. The summed E-state index contributed by atoms with van der Waals surface area (Å²) in [5.41, 5.74) is 16.9. The summed E-state index contributed by atoms with van der Waals surface area (Å²) < 4.78 is 0.